The molecule has 3 rings (SSSR count). The van der Waals surface area contributed by atoms with Crippen LogP contribution >= 0.6 is 15.9 Å². The maximum absolute atomic E-state index is 13.2. The van der Waals surface area contributed by atoms with Crippen LogP contribution in [0.3, 0.4) is 0 Å². The molecule has 0 saturated heterocycles. The highest BCUT2D eigenvalue weighted by Gasteiger charge is 2.27. The van der Waals surface area contributed by atoms with Gasteiger partial charge in [-0.25, -0.2) is 18.2 Å². The summed E-state index contributed by atoms with van der Waals surface area (Å²) in [6.45, 7) is 1.45. The minimum Gasteiger partial charge on any atom is -0.272 e. The molecule has 32 heavy (non-hydrogen) atoms. The summed E-state index contributed by atoms with van der Waals surface area (Å²) in [6.07, 6.45) is 1.35. The number of carbonyl (C=O) groups excluding carboxylic acids is 1. The average Bonchev–Trinajstić information content (AvgIpc) is 2.76. The van der Waals surface area contributed by atoms with Crippen LogP contribution in [0.1, 0.15) is 16.7 Å². The molecule has 1 amide bonds. The number of carbonyl (C=O) groups is 1. The van der Waals surface area contributed by atoms with Crippen molar-refractivity contribution < 1.29 is 17.6 Å². The summed E-state index contributed by atoms with van der Waals surface area (Å²) >= 11 is 3.35. The smallest absolute Gasteiger partial charge is 0.255 e. The summed E-state index contributed by atoms with van der Waals surface area (Å²) in [6, 6.07) is 19.2. The number of halogens is 2. The van der Waals surface area contributed by atoms with Crippen LogP contribution in [0.15, 0.2) is 87.3 Å². The third kappa shape index (κ3) is 6.56. The second-order valence-electron chi connectivity index (χ2n) is 7.06. The Morgan fingerprint density at radius 2 is 1.66 bits per heavy atom. The van der Waals surface area contributed by atoms with Gasteiger partial charge < -0.3 is 0 Å². The van der Waals surface area contributed by atoms with Crippen molar-refractivity contribution in [3.8, 4) is 0 Å². The van der Waals surface area contributed by atoms with Crippen LogP contribution in [0, 0.1) is 12.7 Å². The van der Waals surface area contributed by atoms with E-state index in [0.717, 1.165) is 19.9 Å². The van der Waals surface area contributed by atoms with Crippen LogP contribution in [0.5, 0.6) is 0 Å². The maximum atomic E-state index is 13.2. The van der Waals surface area contributed by atoms with Gasteiger partial charge in [0, 0.05) is 11.0 Å². The van der Waals surface area contributed by atoms with E-state index in [-0.39, 0.29) is 17.3 Å². The van der Waals surface area contributed by atoms with Gasteiger partial charge in [0.25, 0.3) is 5.91 Å². The fourth-order valence-corrected chi connectivity index (χ4v) is 4.45. The Kier molecular flexibility index (Phi) is 7.89. The van der Waals surface area contributed by atoms with Crippen molar-refractivity contribution in [3.05, 3.63) is 99.8 Å². The van der Waals surface area contributed by atoms with Gasteiger partial charge in [0.1, 0.15) is 5.82 Å². The number of hydrogen-bond acceptors (Lipinski definition) is 4. The average molecular weight is 518 g/mol. The number of hydrazone groups is 1. The van der Waals surface area contributed by atoms with E-state index in [2.05, 4.69) is 26.5 Å². The fraction of sp³-hybridized carbons (Fsp3) is 0.130. The van der Waals surface area contributed by atoms with Crippen LogP contribution in [-0.4, -0.2) is 31.4 Å². The second-order valence-corrected chi connectivity index (χ2v) is 9.91. The number of sulfonamides is 1. The summed E-state index contributed by atoms with van der Waals surface area (Å²) in [5.41, 5.74) is 4.57. The van der Waals surface area contributed by atoms with E-state index in [0.29, 0.717) is 5.56 Å². The first-order valence-corrected chi connectivity index (χ1v) is 11.9. The van der Waals surface area contributed by atoms with E-state index in [9.17, 15) is 17.6 Å². The van der Waals surface area contributed by atoms with Crippen LogP contribution in [0.4, 0.5) is 4.39 Å². The third-order valence-electron chi connectivity index (χ3n) is 4.52. The number of rotatable bonds is 8. The highest BCUT2D eigenvalue weighted by Crippen LogP contribution is 2.20. The summed E-state index contributed by atoms with van der Waals surface area (Å²) in [4.78, 5) is 12.6. The Hall–Kier alpha value is -2.88. The molecule has 1 N–H and O–H groups in total. The second kappa shape index (κ2) is 10.6. The van der Waals surface area contributed by atoms with Crippen molar-refractivity contribution >= 4 is 38.1 Å². The van der Waals surface area contributed by atoms with E-state index in [1.165, 1.54) is 42.6 Å². The Bertz CT molecular complexity index is 1200. The molecule has 9 heteroatoms. The number of benzene rings is 3. The lowest BCUT2D eigenvalue weighted by Crippen LogP contribution is -2.39. The minimum atomic E-state index is -3.94. The van der Waals surface area contributed by atoms with Gasteiger partial charge in [0.15, 0.2) is 0 Å². The van der Waals surface area contributed by atoms with Crippen molar-refractivity contribution in [1.82, 2.24) is 9.73 Å². The van der Waals surface area contributed by atoms with E-state index >= 15 is 0 Å². The Balaban J connectivity index is 1.78. The molecule has 0 radical (unpaired) electrons. The first kappa shape index (κ1) is 23.8. The molecule has 0 spiro atoms. The molecular formula is C23H21BrFN3O3S. The Morgan fingerprint density at radius 1 is 1.03 bits per heavy atom. The molecule has 3 aromatic rings. The van der Waals surface area contributed by atoms with Gasteiger partial charge in [-0.3, -0.25) is 4.79 Å². The first-order valence-electron chi connectivity index (χ1n) is 9.63. The highest BCUT2D eigenvalue weighted by molar-refractivity contribution is 9.10. The monoisotopic (exact) mass is 517 g/mol. The van der Waals surface area contributed by atoms with Crippen molar-refractivity contribution in [3.63, 3.8) is 0 Å². The minimum absolute atomic E-state index is 0.0125. The number of nitrogens with zero attached hydrogens (tertiary/aromatic N) is 2. The maximum Gasteiger partial charge on any atom is 0.255 e. The third-order valence-corrected chi connectivity index (χ3v) is 6.86. The summed E-state index contributed by atoms with van der Waals surface area (Å²) < 4.78 is 41.4. The SMILES string of the molecule is Cc1ccc(S(=O)(=O)N(CC(=O)N/N=C\c2ccc(F)cc2)Cc2ccc(Br)cc2)cc1. The first-order chi connectivity index (χ1) is 15.2. The lowest BCUT2D eigenvalue weighted by atomic mass is 10.2. The van der Waals surface area contributed by atoms with Crippen molar-refractivity contribution in [1.29, 1.82) is 0 Å². The number of nitrogens with one attached hydrogen (secondary N) is 1. The summed E-state index contributed by atoms with van der Waals surface area (Å²) in [5.74, 6) is -0.979. The van der Waals surface area contributed by atoms with Crippen molar-refractivity contribution in [2.75, 3.05) is 6.54 Å². The van der Waals surface area contributed by atoms with E-state index < -0.39 is 22.5 Å². The highest BCUT2D eigenvalue weighted by atomic mass is 79.9. The molecule has 0 aromatic heterocycles. The molecule has 0 aliphatic carbocycles. The fourth-order valence-electron chi connectivity index (χ4n) is 2.80. The molecule has 0 bridgehead atoms. The summed E-state index contributed by atoms with van der Waals surface area (Å²) in [7, 11) is -3.94. The van der Waals surface area contributed by atoms with Crippen LogP contribution in [0.25, 0.3) is 0 Å². The molecule has 6 nitrogen and oxygen atoms in total. The van der Waals surface area contributed by atoms with Crippen molar-refractivity contribution in [2.45, 2.75) is 18.4 Å². The lowest BCUT2D eigenvalue weighted by Gasteiger charge is -2.21. The lowest BCUT2D eigenvalue weighted by molar-refractivity contribution is -0.121. The number of aryl methyl sites for hydroxylation is 1. The molecule has 0 aliphatic heterocycles. The van der Waals surface area contributed by atoms with Crippen LogP contribution in [0.2, 0.25) is 0 Å². The molecule has 0 atom stereocenters. The van der Waals surface area contributed by atoms with E-state index in [1.807, 2.05) is 6.92 Å². The summed E-state index contributed by atoms with van der Waals surface area (Å²) in [5, 5.41) is 3.83. The molecule has 0 unspecified atom stereocenters. The molecule has 3 aromatic carbocycles. The van der Waals surface area contributed by atoms with E-state index in [4.69, 9.17) is 0 Å². The normalized spacial score (nSPS) is 11.8. The van der Waals surface area contributed by atoms with Crippen LogP contribution in [-0.2, 0) is 21.4 Å². The van der Waals surface area contributed by atoms with Gasteiger partial charge in [-0.15, -0.1) is 0 Å². The molecule has 0 heterocycles. The largest absolute Gasteiger partial charge is 0.272 e. The van der Waals surface area contributed by atoms with Gasteiger partial charge in [-0.05, 0) is 54.4 Å². The molecule has 0 aliphatic rings. The van der Waals surface area contributed by atoms with Gasteiger partial charge >= 0.3 is 0 Å². The van der Waals surface area contributed by atoms with Gasteiger partial charge in [-0.2, -0.15) is 9.41 Å². The van der Waals surface area contributed by atoms with Gasteiger partial charge in [-0.1, -0.05) is 57.9 Å². The number of amides is 1. The zero-order valence-electron chi connectivity index (χ0n) is 17.2. The van der Waals surface area contributed by atoms with Crippen molar-refractivity contribution in [2.24, 2.45) is 5.10 Å². The zero-order chi connectivity index (χ0) is 23.1. The standard InChI is InChI=1S/C23H21BrFN3O3S/c1-17-2-12-22(13-3-17)32(30,31)28(15-19-4-8-20(24)9-5-19)16-23(29)27-26-14-18-6-10-21(25)11-7-18/h2-14H,15-16H2,1H3,(H,27,29)/b26-14-. The van der Waals surface area contributed by atoms with Gasteiger partial charge in [0.05, 0.1) is 17.7 Å². The molecule has 166 valence electrons. The Labute approximate surface area is 195 Å². The predicted octanol–water partition coefficient (Wildman–Crippen LogP) is 4.24. The Morgan fingerprint density at radius 3 is 2.28 bits per heavy atom. The molecule has 0 fully saturated rings. The van der Waals surface area contributed by atoms with E-state index in [1.54, 1.807) is 36.4 Å². The molecular weight excluding hydrogens is 497 g/mol. The zero-order valence-corrected chi connectivity index (χ0v) is 19.6. The molecule has 0 saturated carbocycles. The number of hydrogen-bond donors (Lipinski definition) is 1. The predicted molar refractivity (Wildman–Crippen MR) is 125 cm³/mol. The van der Waals surface area contributed by atoms with Crippen LogP contribution < -0.4 is 5.43 Å². The van der Waals surface area contributed by atoms with Gasteiger partial charge in [0.2, 0.25) is 10.0 Å². The quantitative estimate of drug-likeness (QED) is 0.358. The topological polar surface area (TPSA) is 78.8 Å².